The Kier molecular flexibility index (Phi) is 4.11. The van der Waals surface area contributed by atoms with Crippen LogP contribution >= 0.6 is 23.2 Å². The van der Waals surface area contributed by atoms with Crippen molar-refractivity contribution in [3.05, 3.63) is 67.7 Å². The van der Waals surface area contributed by atoms with Crippen molar-refractivity contribution in [3.8, 4) is 0 Å². The van der Waals surface area contributed by atoms with Crippen molar-refractivity contribution in [1.82, 2.24) is 14.6 Å². The first-order chi connectivity index (χ1) is 11.0. The Morgan fingerprint density at radius 3 is 2.78 bits per heavy atom. The van der Waals surface area contributed by atoms with Gasteiger partial charge in [-0.2, -0.15) is 0 Å². The lowest BCUT2D eigenvalue weighted by molar-refractivity contribution is 0.0592. The predicted molar refractivity (Wildman–Crippen MR) is 86.4 cm³/mol. The van der Waals surface area contributed by atoms with Crippen LogP contribution in [-0.2, 0) is 11.2 Å². The number of nitrogens with one attached hydrogen (secondary N) is 1. The number of esters is 1. The zero-order valence-electron chi connectivity index (χ0n) is 12.0. The Labute approximate surface area is 140 Å². The average molecular weight is 352 g/mol. The van der Waals surface area contributed by atoms with Crippen LogP contribution in [0.4, 0.5) is 0 Å². The Hall–Kier alpha value is -2.31. The fraction of sp³-hybridized carbons (Fsp3) is 0.133. The number of hydrogen-bond acceptors (Lipinski definition) is 4. The van der Waals surface area contributed by atoms with Crippen molar-refractivity contribution >= 4 is 34.8 Å². The SMILES string of the molecule is COC(=O)c1nc2cc[nH]n2c(=O)c1Cc1ccc(Cl)c(Cl)c1. The molecule has 0 saturated heterocycles. The molecule has 0 saturated carbocycles. The zero-order valence-corrected chi connectivity index (χ0v) is 13.5. The second kappa shape index (κ2) is 6.06. The van der Waals surface area contributed by atoms with Gasteiger partial charge in [0.1, 0.15) is 0 Å². The van der Waals surface area contributed by atoms with Gasteiger partial charge < -0.3 is 4.74 Å². The van der Waals surface area contributed by atoms with Crippen LogP contribution in [0.15, 0.2) is 35.3 Å². The van der Waals surface area contributed by atoms with Crippen LogP contribution in [0.5, 0.6) is 0 Å². The number of benzene rings is 1. The number of aromatic nitrogens is 3. The summed E-state index contributed by atoms with van der Waals surface area (Å²) in [7, 11) is 1.24. The molecule has 8 heteroatoms. The first kappa shape index (κ1) is 15.6. The van der Waals surface area contributed by atoms with Crippen molar-refractivity contribution in [3.63, 3.8) is 0 Å². The van der Waals surface area contributed by atoms with Crippen LogP contribution < -0.4 is 5.56 Å². The Balaban J connectivity index is 2.17. The van der Waals surface area contributed by atoms with E-state index in [1.807, 2.05) is 0 Å². The average Bonchev–Trinajstić information content (AvgIpc) is 3.01. The number of rotatable bonds is 3. The van der Waals surface area contributed by atoms with E-state index in [9.17, 15) is 9.59 Å². The molecular weight excluding hydrogens is 341 g/mol. The van der Waals surface area contributed by atoms with E-state index in [4.69, 9.17) is 27.9 Å². The minimum absolute atomic E-state index is 0.0110. The molecule has 0 amide bonds. The van der Waals surface area contributed by atoms with Gasteiger partial charge in [0.15, 0.2) is 11.3 Å². The first-order valence-corrected chi connectivity index (χ1v) is 7.38. The molecule has 118 valence electrons. The standard InChI is InChI=1S/C15H11Cl2N3O3/c1-23-15(22)13-9(6-8-2-3-10(16)11(17)7-8)14(21)20-12(19-13)4-5-18-20/h2-5,7,18H,6H2,1H3. The van der Waals surface area contributed by atoms with Gasteiger partial charge in [0, 0.05) is 18.7 Å². The number of carbonyl (C=O) groups excluding carboxylic acids is 1. The molecule has 0 spiro atoms. The summed E-state index contributed by atoms with van der Waals surface area (Å²) in [6, 6.07) is 6.61. The number of fused-ring (bicyclic) bond motifs is 1. The van der Waals surface area contributed by atoms with Gasteiger partial charge >= 0.3 is 5.97 Å². The van der Waals surface area contributed by atoms with E-state index in [1.54, 1.807) is 30.5 Å². The maximum absolute atomic E-state index is 12.6. The molecule has 1 aromatic carbocycles. The van der Waals surface area contributed by atoms with Gasteiger partial charge in [-0.1, -0.05) is 29.3 Å². The van der Waals surface area contributed by atoms with Gasteiger partial charge in [-0.3, -0.25) is 9.89 Å². The van der Waals surface area contributed by atoms with Crippen molar-refractivity contribution < 1.29 is 9.53 Å². The molecule has 3 aromatic rings. The van der Waals surface area contributed by atoms with E-state index < -0.39 is 5.97 Å². The number of halogens is 2. The van der Waals surface area contributed by atoms with Crippen molar-refractivity contribution in [2.75, 3.05) is 7.11 Å². The highest BCUT2D eigenvalue weighted by Gasteiger charge is 2.20. The van der Waals surface area contributed by atoms with Gasteiger partial charge in [-0.25, -0.2) is 14.3 Å². The number of hydrogen-bond donors (Lipinski definition) is 1. The molecule has 0 atom stereocenters. The quantitative estimate of drug-likeness (QED) is 0.736. The number of carbonyl (C=O) groups is 1. The molecule has 1 N–H and O–H groups in total. The summed E-state index contributed by atoms with van der Waals surface area (Å²) in [5.74, 6) is -0.666. The topological polar surface area (TPSA) is 76.5 Å². The van der Waals surface area contributed by atoms with Crippen molar-refractivity contribution in [2.45, 2.75) is 6.42 Å². The fourth-order valence-electron chi connectivity index (χ4n) is 2.27. The van der Waals surface area contributed by atoms with Crippen LogP contribution in [0, 0.1) is 0 Å². The number of H-pyrrole nitrogens is 1. The minimum atomic E-state index is -0.666. The van der Waals surface area contributed by atoms with Crippen molar-refractivity contribution in [2.24, 2.45) is 0 Å². The lowest BCUT2D eigenvalue weighted by Crippen LogP contribution is -2.25. The van der Waals surface area contributed by atoms with Crippen LogP contribution in [0.1, 0.15) is 21.6 Å². The smallest absolute Gasteiger partial charge is 0.357 e. The molecule has 0 bridgehead atoms. The summed E-state index contributed by atoms with van der Waals surface area (Å²) >= 11 is 11.9. The van der Waals surface area contributed by atoms with Crippen LogP contribution in [0.25, 0.3) is 5.65 Å². The Bertz CT molecular complexity index is 962. The normalized spacial score (nSPS) is 10.9. The number of aromatic amines is 1. The lowest BCUT2D eigenvalue weighted by atomic mass is 10.0. The highest BCUT2D eigenvalue weighted by Crippen LogP contribution is 2.24. The van der Waals surface area contributed by atoms with Gasteiger partial charge in [0.05, 0.1) is 22.7 Å². The molecule has 3 rings (SSSR count). The molecule has 2 heterocycles. The van der Waals surface area contributed by atoms with Crippen LogP contribution in [-0.4, -0.2) is 27.7 Å². The first-order valence-electron chi connectivity index (χ1n) is 6.62. The highest BCUT2D eigenvalue weighted by molar-refractivity contribution is 6.42. The zero-order chi connectivity index (χ0) is 16.6. The van der Waals surface area contributed by atoms with E-state index in [2.05, 4.69) is 10.1 Å². The molecule has 0 fully saturated rings. The van der Waals surface area contributed by atoms with Crippen molar-refractivity contribution in [1.29, 1.82) is 0 Å². The Morgan fingerprint density at radius 2 is 2.09 bits per heavy atom. The maximum atomic E-state index is 12.6. The number of methoxy groups -OCH3 is 1. The second-order valence-electron chi connectivity index (χ2n) is 4.82. The van der Waals surface area contributed by atoms with Gasteiger partial charge in [0.2, 0.25) is 0 Å². The lowest BCUT2D eigenvalue weighted by Gasteiger charge is -2.08. The number of nitrogens with zero attached hydrogens (tertiary/aromatic N) is 2. The maximum Gasteiger partial charge on any atom is 0.357 e. The van der Waals surface area contributed by atoms with E-state index in [-0.39, 0.29) is 23.2 Å². The summed E-state index contributed by atoms with van der Waals surface area (Å²) in [4.78, 5) is 28.8. The largest absolute Gasteiger partial charge is 0.464 e. The third-order valence-electron chi connectivity index (χ3n) is 3.38. The molecule has 2 aromatic heterocycles. The summed E-state index contributed by atoms with van der Waals surface area (Å²) in [6.07, 6.45) is 1.74. The molecule has 0 aliphatic rings. The second-order valence-corrected chi connectivity index (χ2v) is 5.63. The molecular formula is C15H11Cl2N3O3. The summed E-state index contributed by atoms with van der Waals surface area (Å²) in [6.45, 7) is 0. The molecule has 0 radical (unpaired) electrons. The highest BCUT2D eigenvalue weighted by atomic mass is 35.5. The monoisotopic (exact) mass is 351 g/mol. The predicted octanol–water partition coefficient (Wildman–Crippen LogP) is 2.71. The summed E-state index contributed by atoms with van der Waals surface area (Å²) < 4.78 is 5.99. The fourth-order valence-corrected chi connectivity index (χ4v) is 2.59. The third kappa shape index (κ3) is 2.83. The van der Waals surface area contributed by atoms with E-state index in [0.717, 1.165) is 5.56 Å². The van der Waals surface area contributed by atoms with E-state index >= 15 is 0 Å². The summed E-state index contributed by atoms with van der Waals surface area (Å²) in [5.41, 5.74) is 0.910. The van der Waals surface area contributed by atoms with Crippen LogP contribution in [0.3, 0.4) is 0 Å². The third-order valence-corrected chi connectivity index (χ3v) is 4.12. The molecule has 0 aliphatic heterocycles. The van der Waals surface area contributed by atoms with Gasteiger partial charge in [-0.15, -0.1) is 0 Å². The van der Waals surface area contributed by atoms with Crippen LogP contribution in [0.2, 0.25) is 10.0 Å². The molecule has 23 heavy (non-hydrogen) atoms. The molecule has 6 nitrogen and oxygen atoms in total. The minimum Gasteiger partial charge on any atom is -0.464 e. The van der Waals surface area contributed by atoms with E-state index in [0.29, 0.717) is 15.7 Å². The summed E-state index contributed by atoms with van der Waals surface area (Å²) in [5, 5.41) is 3.55. The molecule has 0 unspecified atom stereocenters. The number of ether oxygens (including phenoxy) is 1. The molecule has 0 aliphatic carbocycles. The van der Waals surface area contributed by atoms with Gasteiger partial charge in [0.25, 0.3) is 5.56 Å². The Morgan fingerprint density at radius 1 is 1.30 bits per heavy atom. The van der Waals surface area contributed by atoms with E-state index in [1.165, 1.54) is 11.6 Å². The van der Waals surface area contributed by atoms with Gasteiger partial charge in [-0.05, 0) is 17.7 Å².